The number of carbonyl (C=O) groups is 1. The minimum absolute atomic E-state index is 0.180. The van der Waals surface area contributed by atoms with Gasteiger partial charge >= 0.3 is 0 Å². The highest BCUT2D eigenvalue weighted by molar-refractivity contribution is 14.1. The van der Waals surface area contributed by atoms with E-state index in [1.54, 1.807) is 12.3 Å². The molecule has 1 N–H and O–H groups in total. The first kappa shape index (κ1) is 19.2. The van der Waals surface area contributed by atoms with Gasteiger partial charge in [0.2, 0.25) is 0 Å². The van der Waals surface area contributed by atoms with Gasteiger partial charge in [0.1, 0.15) is 0 Å². The van der Waals surface area contributed by atoms with Gasteiger partial charge in [-0.15, -0.1) is 0 Å². The highest BCUT2D eigenvalue weighted by Crippen LogP contribution is 2.38. The molecule has 126 valence electrons. The van der Waals surface area contributed by atoms with Gasteiger partial charge in [0.25, 0.3) is 5.91 Å². The SMILES string of the molecule is COc1cc(Br)cc(Br)c1OCC(=O)N/N=C/c1cccc(I)c1. The van der Waals surface area contributed by atoms with Crippen molar-refractivity contribution in [1.29, 1.82) is 0 Å². The zero-order valence-corrected chi connectivity index (χ0v) is 17.9. The van der Waals surface area contributed by atoms with E-state index in [1.807, 2.05) is 30.3 Å². The third-order valence-corrected chi connectivity index (χ3v) is 4.51. The zero-order chi connectivity index (χ0) is 17.5. The number of amides is 1. The average Bonchev–Trinajstić information content (AvgIpc) is 2.53. The maximum atomic E-state index is 11.8. The molecule has 0 aliphatic rings. The number of benzene rings is 2. The van der Waals surface area contributed by atoms with Crippen molar-refractivity contribution in [3.8, 4) is 11.5 Å². The first-order valence-corrected chi connectivity index (χ1v) is 9.39. The summed E-state index contributed by atoms with van der Waals surface area (Å²) in [6, 6.07) is 11.3. The largest absolute Gasteiger partial charge is 0.493 e. The van der Waals surface area contributed by atoms with E-state index in [4.69, 9.17) is 9.47 Å². The molecule has 0 aliphatic carbocycles. The summed E-state index contributed by atoms with van der Waals surface area (Å²) < 4.78 is 13.4. The van der Waals surface area contributed by atoms with Crippen molar-refractivity contribution in [1.82, 2.24) is 5.43 Å². The molecule has 0 bridgehead atoms. The van der Waals surface area contributed by atoms with Crippen molar-refractivity contribution in [2.75, 3.05) is 13.7 Å². The normalized spacial score (nSPS) is 10.7. The number of nitrogens with one attached hydrogen (secondary N) is 1. The van der Waals surface area contributed by atoms with Crippen molar-refractivity contribution < 1.29 is 14.3 Å². The molecule has 0 fully saturated rings. The second kappa shape index (κ2) is 9.38. The minimum atomic E-state index is -0.367. The number of hydrogen-bond acceptors (Lipinski definition) is 4. The van der Waals surface area contributed by atoms with E-state index >= 15 is 0 Å². The Balaban J connectivity index is 1.92. The van der Waals surface area contributed by atoms with Crippen LogP contribution in [0, 0.1) is 3.57 Å². The van der Waals surface area contributed by atoms with E-state index in [-0.39, 0.29) is 12.5 Å². The van der Waals surface area contributed by atoms with Crippen LogP contribution in [0.1, 0.15) is 5.56 Å². The highest BCUT2D eigenvalue weighted by atomic mass is 127. The van der Waals surface area contributed by atoms with Crippen LogP contribution in [0.5, 0.6) is 11.5 Å². The van der Waals surface area contributed by atoms with E-state index in [9.17, 15) is 4.79 Å². The molecule has 0 saturated carbocycles. The molecule has 24 heavy (non-hydrogen) atoms. The fourth-order valence-electron chi connectivity index (χ4n) is 1.76. The lowest BCUT2D eigenvalue weighted by molar-refractivity contribution is -0.123. The second-order valence-electron chi connectivity index (χ2n) is 4.56. The summed E-state index contributed by atoms with van der Waals surface area (Å²) in [5, 5.41) is 3.92. The van der Waals surface area contributed by atoms with E-state index in [1.165, 1.54) is 7.11 Å². The Morgan fingerprint density at radius 3 is 2.83 bits per heavy atom. The van der Waals surface area contributed by atoms with Crippen LogP contribution in [-0.2, 0) is 4.79 Å². The van der Waals surface area contributed by atoms with Crippen molar-refractivity contribution in [2.45, 2.75) is 0 Å². The molecule has 0 aliphatic heterocycles. The molecule has 2 rings (SSSR count). The molecule has 0 unspecified atom stereocenters. The molecule has 1 amide bonds. The fourth-order valence-corrected chi connectivity index (χ4v) is 3.63. The monoisotopic (exact) mass is 566 g/mol. The van der Waals surface area contributed by atoms with Crippen molar-refractivity contribution in [3.05, 3.63) is 54.5 Å². The quantitative estimate of drug-likeness (QED) is 0.321. The third kappa shape index (κ3) is 5.75. The van der Waals surface area contributed by atoms with Crippen molar-refractivity contribution in [2.24, 2.45) is 5.10 Å². The Morgan fingerprint density at radius 1 is 1.33 bits per heavy atom. The molecule has 0 heterocycles. The molecular weight excluding hydrogens is 555 g/mol. The maximum Gasteiger partial charge on any atom is 0.277 e. The summed E-state index contributed by atoms with van der Waals surface area (Å²) >= 11 is 8.96. The van der Waals surface area contributed by atoms with Crippen LogP contribution in [0.2, 0.25) is 0 Å². The number of carbonyl (C=O) groups excluding carboxylic acids is 1. The zero-order valence-electron chi connectivity index (χ0n) is 12.6. The first-order chi connectivity index (χ1) is 11.5. The lowest BCUT2D eigenvalue weighted by Gasteiger charge is -2.12. The standard InChI is InChI=1S/C16H13Br2IN2O3/c1-23-14-7-11(17)6-13(18)16(14)24-9-15(22)21-20-8-10-3-2-4-12(19)5-10/h2-8H,9H2,1H3,(H,21,22)/b20-8+. The number of halogens is 3. The van der Waals surface area contributed by atoms with Crippen LogP contribution in [0.4, 0.5) is 0 Å². The predicted molar refractivity (Wildman–Crippen MR) is 109 cm³/mol. The summed E-state index contributed by atoms with van der Waals surface area (Å²) in [6.07, 6.45) is 1.58. The molecule has 0 saturated heterocycles. The fraction of sp³-hybridized carbons (Fsp3) is 0.125. The maximum absolute atomic E-state index is 11.8. The van der Waals surface area contributed by atoms with Gasteiger partial charge in [-0.25, -0.2) is 5.43 Å². The van der Waals surface area contributed by atoms with Crippen LogP contribution in [0.25, 0.3) is 0 Å². The average molecular weight is 568 g/mol. The van der Waals surface area contributed by atoms with Crippen LogP contribution in [0.3, 0.4) is 0 Å². The summed E-state index contributed by atoms with van der Waals surface area (Å²) in [5.41, 5.74) is 3.33. The van der Waals surface area contributed by atoms with Crippen LogP contribution >= 0.6 is 54.5 Å². The van der Waals surface area contributed by atoms with Gasteiger partial charge in [0, 0.05) is 8.04 Å². The van der Waals surface area contributed by atoms with Crippen molar-refractivity contribution >= 4 is 66.6 Å². The summed E-state index contributed by atoms with van der Waals surface area (Å²) in [4.78, 5) is 11.8. The van der Waals surface area contributed by atoms with Crippen LogP contribution in [0.15, 0.2) is 50.4 Å². The number of rotatable bonds is 6. The number of ether oxygens (including phenoxy) is 2. The van der Waals surface area contributed by atoms with E-state index in [0.717, 1.165) is 13.6 Å². The van der Waals surface area contributed by atoms with Crippen molar-refractivity contribution in [3.63, 3.8) is 0 Å². The Kier molecular flexibility index (Phi) is 7.50. The Bertz CT molecular complexity index is 769. The summed E-state index contributed by atoms with van der Waals surface area (Å²) in [5.74, 6) is 0.609. The first-order valence-electron chi connectivity index (χ1n) is 6.73. The number of hydrogen-bond donors (Lipinski definition) is 1. The topological polar surface area (TPSA) is 59.9 Å². The second-order valence-corrected chi connectivity index (χ2v) is 7.57. The minimum Gasteiger partial charge on any atom is -0.493 e. The van der Waals surface area contributed by atoms with Gasteiger partial charge in [-0.3, -0.25) is 4.79 Å². The lowest BCUT2D eigenvalue weighted by Crippen LogP contribution is -2.24. The summed E-state index contributed by atoms with van der Waals surface area (Å²) in [6.45, 7) is -0.180. The number of methoxy groups -OCH3 is 1. The van der Waals surface area contributed by atoms with Gasteiger partial charge in [0.05, 0.1) is 17.8 Å². The molecule has 5 nitrogen and oxygen atoms in total. The Labute approximate surface area is 170 Å². The van der Waals surface area contributed by atoms with Crippen LogP contribution in [-0.4, -0.2) is 25.8 Å². The third-order valence-electron chi connectivity index (χ3n) is 2.79. The molecule has 0 spiro atoms. The van der Waals surface area contributed by atoms with Gasteiger partial charge in [-0.05, 0) is 68.3 Å². The molecule has 0 radical (unpaired) electrons. The molecular formula is C16H13Br2IN2O3. The van der Waals surface area contributed by atoms with Crippen LogP contribution < -0.4 is 14.9 Å². The predicted octanol–water partition coefficient (Wildman–Crippen LogP) is 4.35. The summed E-state index contributed by atoms with van der Waals surface area (Å²) in [7, 11) is 1.53. The smallest absolute Gasteiger partial charge is 0.277 e. The van der Waals surface area contributed by atoms with Gasteiger partial charge in [0.15, 0.2) is 18.1 Å². The van der Waals surface area contributed by atoms with E-state index < -0.39 is 0 Å². The molecule has 2 aromatic rings. The molecule has 2 aromatic carbocycles. The molecule has 0 aromatic heterocycles. The highest BCUT2D eigenvalue weighted by Gasteiger charge is 2.12. The van der Waals surface area contributed by atoms with Gasteiger partial charge < -0.3 is 9.47 Å². The lowest BCUT2D eigenvalue weighted by atomic mass is 10.2. The Hall–Kier alpha value is -1.13. The molecule has 0 atom stereocenters. The molecule has 8 heteroatoms. The van der Waals surface area contributed by atoms with E-state index in [0.29, 0.717) is 16.0 Å². The number of nitrogens with zero attached hydrogens (tertiary/aromatic N) is 1. The van der Waals surface area contributed by atoms with Gasteiger partial charge in [-0.1, -0.05) is 28.1 Å². The Morgan fingerprint density at radius 2 is 2.12 bits per heavy atom. The van der Waals surface area contributed by atoms with Gasteiger partial charge in [-0.2, -0.15) is 5.10 Å². The van der Waals surface area contributed by atoms with E-state index in [2.05, 4.69) is 65.0 Å². The number of hydrazone groups is 1.